The molecule has 1 amide bonds. The van der Waals surface area contributed by atoms with E-state index in [9.17, 15) is 13.2 Å². The second kappa shape index (κ2) is 12.6. The highest BCUT2D eigenvalue weighted by Gasteiger charge is 2.27. The van der Waals surface area contributed by atoms with Gasteiger partial charge in [-0.05, 0) is 47.9 Å². The van der Waals surface area contributed by atoms with Crippen LogP contribution in [0.1, 0.15) is 17.5 Å². The summed E-state index contributed by atoms with van der Waals surface area (Å²) in [6, 6.07) is 12.5. The lowest BCUT2D eigenvalue weighted by atomic mass is 10.1. The number of sulfonamides is 1. The predicted octanol–water partition coefficient (Wildman–Crippen LogP) is 3.35. The third-order valence-electron chi connectivity index (χ3n) is 5.23. The van der Waals surface area contributed by atoms with E-state index in [1.54, 1.807) is 30.0 Å². The SMILES string of the molecule is COc1ccc(S(=O)(=O)N2CCOCC2)cc1CCC(=O)NCCSCc1ccc(Cl)cc1. The maximum atomic E-state index is 12.9. The number of morpholine rings is 1. The molecule has 1 aliphatic heterocycles. The van der Waals surface area contributed by atoms with Crippen LogP contribution >= 0.6 is 23.4 Å². The summed E-state index contributed by atoms with van der Waals surface area (Å²) in [4.78, 5) is 12.5. The van der Waals surface area contributed by atoms with E-state index in [-0.39, 0.29) is 17.2 Å². The summed E-state index contributed by atoms with van der Waals surface area (Å²) in [6.45, 7) is 2.02. The van der Waals surface area contributed by atoms with Crippen molar-refractivity contribution in [2.45, 2.75) is 23.5 Å². The summed E-state index contributed by atoms with van der Waals surface area (Å²) in [5.74, 6) is 2.15. The molecule has 1 N–H and O–H groups in total. The van der Waals surface area contributed by atoms with Crippen molar-refractivity contribution in [2.24, 2.45) is 0 Å². The molecule has 0 bridgehead atoms. The van der Waals surface area contributed by atoms with Gasteiger partial charge in [0, 0.05) is 42.6 Å². The minimum absolute atomic E-state index is 0.0782. The lowest BCUT2D eigenvalue weighted by Gasteiger charge is -2.26. The van der Waals surface area contributed by atoms with Gasteiger partial charge in [-0.3, -0.25) is 4.79 Å². The molecule has 0 aliphatic carbocycles. The van der Waals surface area contributed by atoms with E-state index in [1.165, 1.54) is 17.0 Å². The normalized spacial score (nSPS) is 14.7. The van der Waals surface area contributed by atoms with E-state index in [0.717, 1.165) is 16.5 Å². The van der Waals surface area contributed by atoms with Crippen molar-refractivity contribution < 1.29 is 22.7 Å². The Hall–Kier alpha value is -1.78. The molecule has 10 heteroatoms. The van der Waals surface area contributed by atoms with E-state index < -0.39 is 10.0 Å². The zero-order valence-electron chi connectivity index (χ0n) is 18.6. The minimum atomic E-state index is -3.61. The number of nitrogens with zero attached hydrogens (tertiary/aromatic N) is 1. The molecule has 0 saturated carbocycles. The zero-order valence-corrected chi connectivity index (χ0v) is 21.0. The number of halogens is 1. The van der Waals surface area contributed by atoms with Crippen LogP contribution in [0.3, 0.4) is 0 Å². The Morgan fingerprint density at radius 2 is 1.91 bits per heavy atom. The Kier molecular flexibility index (Phi) is 9.88. The van der Waals surface area contributed by atoms with Crippen molar-refractivity contribution in [1.29, 1.82) is 0 Å². The van der Waals surface area contributed by atoms with E-state index in [1.807, 2.05) is 24.3 Å². The van der Waals surface area contributed by atoms with Crippen LogP contribution in [0.25, 0.3) is 0 Å². The third kappa shape index (κ3) is 7.61. The van der Waals surface area contributed by atoms with Crippen LogP contribution in [-0.4, -0.2) is 64.3 Å². The number of nitrogens with one attached hydrogen (secondary N) is 1. The molecular formula is C23H29ClN2O5S2. The summed E-state index contributed by atoms with van der Waals surface area (Å²) in [5.41, 5.74) is 1.88. The van der Waals surface area contributed by atoms with Gasteiger partial charge in [0.25, 0.3) is 0 Å². The van der Waals surface area contributed by atoms with Gasteiger partial charge < -0.3 is 14.8 Å². The number of ether oxygens (including phenoxy) is 2. The van der Waals surface area contributed by atoms with E-state index in [4.69, 9.17) is 21.1 Å². The van der Waals surface area contributed by atoms with Gasteiger partial charge in [0.15, 0.2) is 0 Å². The monoisotopic (exact) mass is 512 g/mol. The van der Waals surface area contributed by atoms with Crippen molar-refractivity contribution >= 4 is 39.3 Å². The molecule has 33 heavy (non-hydrogen) atoms. The molecule has 0 aromatic heterocycles. The number of rotatable bonds is 11. The number of aryl methyl sites for hydroxylation is 1. The predicted molar refractivity (Wildman–Crippen MR) is 132 cm³/mol. The van der Waals surface area contributed by atoms with Gasteiger partial charge in [0.2, 0.25) is 15.9 Å². The number of hydrogen-bond donors (Lipinski definition) is 1. The van der Waals surface area contributed by atoms with Gasteiger partial charge in [0.1, 0.15) is 5.75 Å². The first-order valence-electron chi connectivity index (χ1n) is 10.7. The fourth-order valence-corrected chi connectivity index (χ4v) is 5.82. The highest BCUT2D eigenvalue weighted by Crippen LogP contribution is 2.26. The Morgan fingerprint density at radius 3 is 2.61 bits per heavy atom. The standard InChI is InChI=1S/C23H29ClN2O5S2/c1-30-22-8-7-21(33(28,29)26-11-13-31-14-12-26)16-19(22)4-9-23(27)25-10-15-32-17-18-2-5-20(24)6-3-18/h2-3,5-8,16H,4,9-15,17H2,1H3,(H,25,27). The number of carbonyl (C=O) groups excluding carboxylic acids is 1. The fraction of sp³-hybridized carbons (Fsp3) is 0.435. The molecule has 1 heterocycles. The van der Waals surface area contributed by atoms with Gasteiger partial charge >= 0.3 is 0 Å². The molecule has 0 atom stereocenters. The summed E-state index contributed by atoms with van der Waals surface area (Å²) < 4.78 is 37.9. The lowest BCUT2D eigenvalue weighted by molar-refractivity contribution is -0.120. The van der Waals surface area contributed by atoms with Crippen LogP contribution in [0.5, 0.6) is 5.75 Å². The second-order valence-electron chi connectivity index (χ2n) is 7.52. The van der Waals surface area contributed by atoms with Crippen LogP contribution in [0, 0.1) is 0 Å². The fourth-order valence-electron chi connectivity index (χ4n) is 3.42. The first-order chi connectivity index (χ1) is 15.9. The summed E-state index contributed by atoms with van der Waals surface area (Å²) in [5, 5.41) is 3.64. The highest BCUT2D eigenvalue weighted by atomic mass is 35.5. The Bertz CT molecular complexity index is 1030. The maximum Gasteiger partial charge on any atom is 0.243 e. The van der Waals surface area contributed by atoms with Crippen LogP contribution in [0.2, 0.25) is 5.02 Å². The van der Waals surface area contributed by atoms with Gasteiger partial charge in [-0.2, -0.15) is 16.1 Å². The third-order valence-corrected chi connectivity index (χ3v) is 8.41. The topological polar surface area (TPSA) is 84.9 Å². The van der Waals surface area contributed by atoms with Crippen molar-refractivity contribution in [3.05, 3.63) is 58.6 Å². The number of hydrogen-bond acceptors (Lipinski definition) is 6. The van der Waals surface area contributed by atoms with Crippen LogP contribution in [0.15, 0.2) is 47.4 Å². The maximum absolute atomic E-state index is 12.9. The van der Waals surface area contributed by atoms with Gasteiger partial charge in [-0.1, -0.05) is 23.7 Å². The number of thioether (sulfide) groups is 1. The molecule has 2 aromatic carbocycles. The van der Waals surface area contributed by atoms with E-state index in [2.05, 4.69) is 5.32 Å². The van der Waals surface area contributed by atoms with Crippen molar-refractivity contribution in [3.63, 3.8) is 0 Å². The molecule has 0 unspecified atom stereocenters. The van der Waals surface area contributed by atoms with Crippen molar-refractivity contribution in [1.82, 2.24) is 9.62 Å². The highest BCUT2D eigenvalue weighted by molar-refractivity contribution is 7.98. The molecular weight excluding hydrogens is 484 g/mol. The number of carbonyl (C=O) groups is 1. The van der Waals surface area contributed by atoms with E-state index >= 15 is 0 Å². The van der Waals surface area contributed by atoms with Crippen molar-refractivity contribution in [2.75, 3.05) is 45.7 Å². The van der Waals surface area contributed by atoms with Crippen LogP contribution in [0.4, 0.5) is 0 Å². The van der Waals surface area contributed by atoms with Crippen LogP contribution < -0.4 is 10.1 Å². The van der Waals surface area contributed by atoms with Crippen LogP contribution in [-0.2, 0) is 31.7 Å². The molecule has 2 aromatic rings. The molecule has 7 nitrogen and oxygen atoms in total. The summed E-state index contributed by atoms with van der Waals surface area (Å²) in [6.07, 6.45) is 0.638. The number of amides is 1. The van der Waals surface area contributed by atoms with Crippen molar-refractivity contribution in [3.8, 4) is 5.75 Å². The molecule has 1 aliphatic rings. The first kappa shape index (κ1) is 25.8. The average Bonchev–Trinajstić information content (AvgIpc) is 2.84. The molecule has 180 valence electrons. The van der Waals surface area contributed by atoms with E-state index in [0.29, 0.717) is 50.6 Å². The Labute approximate surface area is 204 Å². The Morgan fingerprint density at radius 1 is 1.18 bits per heavy atom. The number of benzene rings is 2. The largest absolute Gasteiger partial charge is 0.496 e. The minimum Gasteiger partial charge on any atom is -0.496 e. The Balaban J connectivity index is 1.48. The first-order valence-corrected chi connectivity index (χ1v) is 13.7. The molecule has 1 fully saturated rings. The summed E-state index contributed by atoms with van der Waals surface area (Å²) >= 11 is 7.63. The lowest BCUT2D eigenvalue weighted by Crippen LogP contribution is -2.40. The number of methoxy groups -OCH3 is 1. The van der Waals surface area contributed by atoms with Gasteiger partial charge in [0.05, 0.1) is 25.2 Å². The summed E-state index contributed by atoms with van der Waals surface area (Å²) in [7, 11) is -2.07. The molecule has 3 rings (SSSR count). The van der Waals surface area contributed by atoms with Gasteiger partial charge in [-0.25, -0.2) is 8.42 Å². The average molecular weight is 513 g/mol. The van der Waals surface area contributed by atoms with Gasteiger partial charge in [-0.15, -0.1) is 0 Å². The second-order valence-corrected chi connectivity index (χ2v) is 11.0. The molecule has 0 radical (unpaired) electrons. The smallest absolute Gasteiger partial charge is 0.243 e. The molecule has 1 saturated heterocycles. The zero-order chi connectivity index (χ0) is 23.7. The quantitative estimate of drug-likeness (QED) is 0.465. The molecule has 0 spiro atoms.